The van der Waals surface area contributed by atoms with E-state index in [4.69, 9.17) is 4.98 Å². The van der Waals surface area contributed by atoms with Gasteiger partial charge >= 0.3 is 0 Å². The number of amides is 1. The van der Waals surface area contributed by atoms with E-state index >= 15 is 4.39 Å². The van der Waals surface area contributed by atoms with Crippen LogP contribution in [0.3, 0.4) is 0 Å². The fraction of sp³-hybridized carbons (Fsp3) is 0.118. The molecule has 4 heterocycles. The van der Waals surface area contributed by atoms with E-state index in [0.717, 1.165) is 37.3 Å². The molecular weight excluding hydrogens is 579 g/mol. The molecule has 2 N–H and O–H groups in total. The van der Waals surface area contributed by atoms with E-state index < -0.39 is 28.9 Å². The zero-order valence-electron chi connectivity index (χ0n) is 24.1. The third-order valence-electron chi connectivity index (χ3n) is 7.77. The van der Waals surface area contributed by atoms with Gasteiger partial charge in [-0.2, -0.15) is 5.10 Å². The molecule has 6 aromatic rings. The van der Waals surface area contributed by atoms with Crippen molar-refractivity contribution in [3.05, 3.63) is 125 Å². The number of hydrogen-bond acceptors (Lipinski definition) is 6. The number of aromatic nitrogens is 4. The Balaban J connectivity index is 1.26. The molecule has 224 valence electrons. The van der Waals surface area contributed by atoms with Gasteiger partial charge in [0.15, 0.2) is 0 Å². The van der Waals surface area contributed by atoms with E-state index in [2.05, 4.69) is 44.8 Å². The lowest BCUT2D eigenvalue weighted by molar-refractivity contribution is 0.101. The number of nitrogens with one attached hydrogen (secondary N) is 2. The Morgan fingerprint density at radius 1 is 0.867 bits per heavy atom. The van der Waals surface area contributed by atoms with Gasteiger partial charge in [-0.1, -0.05) is 24.3 Å². The average molecular weight is 606 g/mol. The first-order valence-electron chi connectivity index (χ1n) is 14.3. The molecule has 0 spiro atoms. The normalized spacial score (nSPS) is 13.1. The van der Waals surface area contributed by atoms with Gasteiger partial charge in [0.1, 0.15) is 34.2 Å². The van der Waals surface area contributed by atoms with Gasteiger partial charge < -0.3 is 15.5 Å². The predicted octanol–water partition coefficient (Wildman–Crippen LogP) is 6.86. The molecule has 3 aromatic carbocycles. The van der Waals surface area contributed by atoms with Crippen molar-refractivity contribution < 1.29 is 18.0 Å². The number of nitrogens with zero attached hydrogens (tertiary/aromatic N) is 5. The molecule has 0 atom stereocenters. The molecular formula is C34H26F3N7O. The third-order valence-corrected chi connectivity index (χ3v) is 7.77. The molecule has 1 amide bonds. The summed E-state index contributed by atoms with van der Waals surface area (Å²) >= 11 is 0. The van der Waals surface area contributed by atoms with E-state index in [9.17, 15) is 13.6 Å². The molecule has 8 nitrogen and oxygen atoms in total. The topological polar surface area (TPSA) is 87.5 Å². The molecule has 0 saturated heterocycles. The fourth-order valence-corrected chi connectivity index (χ4v) is 5.62. The maximum absolute atomic E-state index is 15.4. The van der Waals surface area contributed by atoms with Crippen molar-refractivity contribution in [2.24, 2.45) is 0 Å². The zero-order valence-corrected chi connectivity index (χ0v) is 24.1. The first-order chi connectivity index (χ1) is 21.8. The molecule has 0 bridgehead atoms. The number of halogens is 3. The lowest BCUT2D eigenvalue weighted by atomic mass is 9.99. The van der Waals surface area contributed by atoms with Crippen LogP contribution in [0.5, 0.6) is 0 Å². The number of hydrogen-bond donors (Lipinski definition) is 2. The molecule has 0 unspecified atom stereocenters. The van der Waals surface area contributed by atoms with E-state index in [1.54, 1.807) is 48.8 Å². The Hall–Kier alpha value is -5.55. The van der Waals surface area contributed by atoms with E-state index in [0.29, 0.717) is 28.5 Å². The maximum atomic E-state index is 15.4. The van der Waals surface area contributed by atoms with Gasteiger partial charge in [-0.3, -0.25) is 4.79 Å². The number of carbonyl (C=O) groups excluding carboxylic acids is 1. The lowest BCUT2D eigenvalue weighted by Gasteiger charge is -2.25. The van der Waals surface area contributed by atoms with E-state index in [-0.39, 0.29) is 11.2 Å². The molecule has 45 heavy (non-hydrogen) atoms. The summed E-state index contributed by atoms with van der Waals surface area (Å²) in [6.45, 7) is 1.87. The van der Waals surface area contributed by atoms with Crippen LogP contribution >= 0.6 is 0 Å². The van der Waals surface area contributed by atoms with Crippen LogP contribution in [0.1, 0.15) is 21.5 Å². The molecule has 7 rings (SSSR count). The first kappa shape index (κ1) is 28.2. The van der Waals surface area contributed by atoms with E-state index in [1.165, 1.54) is 27.8 Å². The highest BCUT2D eigenvalue weighted by Gasteiger charge is 2.22. The number of likely N-dealkylation sites (N-methyl/N-ethyl adjacent to an activating group) is 1. The first-order valence-corrected chi connectivity index (χ1v) is 14.3. The van der Waals surface area contributed by atoms with Crippen molar-refractivity contribution in [3.63, 3.8) is 0 Å². The zero-order chi connectivity index (χ0) is 31.1. The van der Waals surface area contributed by atoms with Crippen molar-refractivity contribution in [1.29, 1.82) is 0 Å². The van der Waals surface area contributed by atoms with Gasteiger partial charge in [-0.05, 0) is 79.2 Å². The van der Waals surface area contributed by atoms with Gasteiger partial charge in [-0.15, -0.1) is 0 Å². The number of fused-ring (bicyclic) bond motifs is 2. The number of anilines is 3. The molecule has 0 aliphatic carbocycles. The van der Waals surface area contributed by atoms with Gasteiger partial charge in [0.05, 0.1) is 11.3 Å². The van der Waals surface area contributed by atoms with Crippen molar-refractivity contribution >= 4 is 28.7 Å². The third kappa shape index (κ3) is 5.49. The maximum Gasteiger partial charge on any atom is 0.261 e. The highest BCUT2D eigenvalue weighted by Crippen LogP contribution is 2.37. The Labute approximate surface area is 256 Å². The van der Waals surface area contributed by atoms with Crippen LogP contribution in [0.4, 0.5) is 30.5 Å². The molecule has 0 saturated carbocycles. The van der Waals surface area contributed by atoms with Crippen molar-refractivity contribution in [3.8, 4) is 22.5 Å². The van der Waals surface area contributed by atoms with Gasteiger partial charge in [0.2, 0.25) is 5.95 Å². The van der Waals surface area contributed by atoms with Crippen LogP contribution in [0, 0.1) is 17.5 Å². The Morgan fingerprint density at radius 2 is 1.67 bits per heavy atom. The van der Waals surface area contributed by atoms with Gasteiger partial charge in [0.25, 0.3) is 5.91 Å². The van der Waals surface area contributed by atoms with E-state index in [1.807, 2.05) is 6.07 Å². The Kier molecular flexibility index (Phi) is 7.22. The van der Waals surface area contributed by atoms with Crippen LogP contribution in [-0.4, -0.2) is 44.0 Å². The summed E-state index contributed by atoms with van der Waals surface area (Å²) in [6, 6.07) is 20.6. The lowest BCUT2D eigenvalue weighted by Crippen LogP contribution is -2.26. The molecule has 11 heteroatoms. The Bertz CT molecular complexity index is 2070. The average Bonchev–Trinajstić information content (AvgIpc) is 3.42. The van der Waals surface area contributed by atoms with Crippen molar-refractivity contribution in [1.82, 2.24) is 24.5 Å². The largest absolute Gasteiger partial charge is 0.324 e. The van der Waals surface area contributed by atoms with Gasteiger partial charge in [-0.25, -0.2) is 27.7 Å². The van der Waals surface area contributed by atoms with Crippen molar-refractivity contribution in [2.45, 2.75) is 13.0 Å². The van der Waals surface area contributed by atoms with Crippen LogP contribution in [-0.2, 0) is 13.0 Å². The monoisotopic (exact) mass is 605 g/mol. The minimum absolute atomic E-state index is 0.205. The molecule has 3 aromatic heterocycles. The smallest absolute Gasteiger partial charge is 0.261 e. The van der Waals surface area contributed by atoms with Crippen LogP contribution in [0.2, 0.25) is 0 Å². The summed E-state index contributed by atoms with van der Waals surface area (Å²) in [5.41, 5.74) is 4.91. The number of carbonyl (C=O) groups is 1. The second-order valence-electron chi connectivity index (χ2n) is 10.9. The minimum atomic E-state index is -0.974. The summed E-state index contributed by atoms with van der Waals surface area (Å²) in [5, 5.41) is 10.5. The standard InChI is InChI=1S/C34H26F3N7O/c1-43-16-13-20-10-11-24(18-22(20)19-43)40-34-38-14-12-28(41-34)30-31(42-44-15-4-9-27(37)32(30)44)21-5-2-6-23(17-21)39-33(45)29-25(35)7-3-8-26(29)36/h2-12,14-15,17-18H,13,16,19H2,1H3,(H,39,45)(H,38,40,41). The van der Waals surface area contributed by atoms with Gasteiger partial charge in [0, 0.05) is 42.4 Å². The quantitative estimate of drug-likeness (QED) is 0.216. The summed E-state index contributed by atoms with van der Waals surface area (Å²) in [5.74, 6) is -3.07. The number of benzene rings is 3. The number of pyridine rings is 1. The van der Waals surface area contributed by atoms with Crippen molar-refractivity contribution in [2.75, 3.05) is 24.2 Å². The second-order valence-corrected chi connectivity index (χ2v) is 10.9. The summed E-state index contributed by atoms with van der Waals surface area (Å²) in [6.07, 6.45) is 4.21. The molecule has 0 fully saturated rings. The number of rotatable bonds is 6. The van der Waals surface area contributed by atoms with Crippen LogP contribution in [0.25, 0.3) is 28.0 Å². The Morgan fingerprint density at radius 3 is 2.51 bits per heavy atom. The molecule has 0 radical (unpaired) electrons. The second kappa shape index (κ2) is 11.5. The molecule has 1 aliphatic heterocycles. The fourth-order valence-electron chi connectivity index (χ4n) is 5.62. The molecule has 1 aliphatic rings. The summed E-state index contributed by atoms with van der Waals surface area (Å²) < 4.78 is 45.3. The minimum Gasteiger partial charge on any atom is -0.324 e. The highest BCUT2D eigenvalue weighted by atomic mass is 19.1. The van der Waals surface area contributed by atoms with Crippen LogP contribution < -0.4 is 10.6 Å². The van der Waals surface area contributed by atoms with Crippen LogP contribution in [0.15, 0.2) is 91.3 Å². The summed E-state index contributed by atoms with van der Waals surface area (Å²) in [7, 11) is 2.09. The summed E-state index contributed by atoms with van der Waals surface area (Å²) in [4.78, 5) is 24.2. The highest BCUT2D eigenvalue weighted by molar-refractivity contribution is 6.05. The predicted molar refractivity (Wildman–Crippen MR) is 166 cm³/mol. The SMILES string of the molecule is CN1CCc2ccc(Nc3nccc(-c4c(-c5cccc(NC(=O)c6c(F)cccc6F)c5)nn5cccc(F)c45)n3)cc2C1.